The van der Waals surface area contributed by atoms with Crippen LogP contribution in [0.3, 0.4) is 0 Å². The van der Waals surface area contributed by atoms with Crippen molar-refractivity contribution in [3.8, 4) is 0 Å². The van der Waals surface area contributed by atoms with Crippen molar-refractivity contribution >= 4 is 17.7 Å². The number of carbonyl (C=O) groups excluding carboxylic acids is 3. The molecule has 1 aromatic heterocycles. The lowest BCUT2D eigenvalue weighted by molar-refractivity contribution is -0.149. The first kappa shape index (κ1) is 19.9. The molecule has 1 N–H and O–H groups in total. The first-order chi connectivity index (χ1) is 13.9. The van der Waals surface area contributed by atoms with E-state index in [2.05, 4.69) is 5.32 Å². The molecule has 3 aliphatic rings. The third-order valence-corrected chi connectivity index (χ3v) is 6.26. The molecule has 1 spiro atoms. The first-order valence-electron chi connectivity index (χ1n) is 10.5. The van der Waals surface area contributed by atoms with Crippen molar-refractivity contribution in [3.63, 3.8) is 0 Å². The molecule has 1 saturated carbocycles. The van der Waals surface area contributed by atoms with Crippen LogP contribution >= 0.6 is 0 Å². The summed E-state index contributed by atoms with van der Waals surface area (Å²) in [5.74, 6) is -0.0359. The lowest BCUT2D eigenvalue weighted by atomic mass is 9.83. The van der Waals surface area contributed by atoms with Crippen molar-refractivity contribution < 1.29 is 23.5 Å². The molecule has 0 bridgehead atoms. The van der Waals surface area contributed by atoms with E-state index in [4.69, 9.17) is 9.15 Å². The van der Waals surface area contributed by atoms with Crippen molar-refractivity contribution in [1.82, 2.24) is 15.1 Å². The van der Waals surface area contributed by atoms with E-state index in [1.807, 2.05) is 18.7 Å². The minimum absolute atomic E-state index is 0.0402. The highest BCUT2D eigenvalue weighted by molar-refractivity contribution is 5.96. The van der Waals surface area contributed by atoms with Gasteiger partial charge in [0.25, 0.3) is 5.91 Å². The van der Waals surface area contributed by atoms with Crippen LogP contribution in [0.15, 0.2) is 22.8 Å². The van der Waals surface area contributed by atoms with Crippen LogP contribution in [0.1, 0.15) is 56.5 Å². The van der Waals surface area contributed by atoms with Gasteiger partial charge in [-0.25, -0.2) is 0 Å². The molecule has 2 saturated heterocycles. The molecule has 4 rings (SSSR count). The number of hydrogen-bond donors (Lipinski definition) is 1. The van der Waals surface area contributed by atoms with Crippen LogP contribution in [0.25, 0.3) is 0 Å². The molecule has 3 fully saturated rings. The fraction of sp³-hybridized carbons (Fsp3) is 0.667. The van der Waals surface area contributed by atoms with Crippen LogP contribution in [0.2, 0.25) is 0 Å². The Morgan fingerprint density at radius 3 is 2.48 bits per heavy atom. The first-order valence-corrected chi connectivity index (χ1v) is 10.5. The van der Waals surface area contributed by atoms with Crippen LogP contribution in [0, 0.1) is 5.92 Å². The number of likely N-dealkylation sites (tertiary alicyclic amines) is 1. The third-order valence-electron chi connectivity index (χ3n) is 6.26. The van der Waals surface area contributed by atoms with Crippen molar-refractivity contribution in [2.24, 2.45) is 5.92 Å². The standard InChI is InChI=1S/C21H29N3O5/c1-14(2)22-18(25)16-13-29-21(24(16)20(27)17-7-4-12-28-17)8-10-23(11-9-21)19(26)15-5-3-6-15/h4,7,12,14-16H,3,5-6,8-11,13H2,1-2H3,(H,22,25). The molecule has 3 heterocycles. The van der Waals surface area contributed by atoms with E-state index in [9.17, 15) is 14.4 Å². The van der Waals surface area contributed by atoms with Crippen LogP contribution in [0.4, 0.5) is 0 Å². The van der Waals surface area contributed by atoms with Crippen molar-refractivity contribution in [3.05, 3.63) is 24.2 Å². The molecule has 0 aromatic carbocycles. The van der Waals surface area contributed by atoms with E-state index < -0.39 is 11.8 Å². The Kier molecular flexibility index (Phi) is 5.38. The maximum Gasteiger partial charge on any atom is 0.292 e. The van der Waals surface area contributed by atoms with Gasteiger partial charge in [-0.2, -0.15) is 0 Å². The highest BCUT2D eigenvalue weighted by atomic mass is 16.5. The zero-order chi connectivity index (χ0) is 20.6. The SMILES string of the molecule is CC(C)NC(=O)C1COC2(CCN(C(=O)C3CCC3)CC2)N1C(=O)c1ccco1. The monoisotopic (exact) mass is 403 g/mol. The maximum absolute atomic E-state index is 13.3. The zero-order valence-corrected chi connectivity index (χ0v) is 17.1. The number of ether oxygens (including phenoxy) is 1. The van der Waals surface area contributed by atoms with Gasteiger partial charge in [-0.3, -0.25) is 19.3 Å². The molecule has 8 heteroatoms. The number of rotatable bonds is 4. The summed E-state index contributed by atoms with van der Waals surface area (Å²) < 4.78 is 11.4. The summed E-state index contributed by atoms with van der Waals surface area (Å²) >= 11 is 0. The topological polar surface area (TPSA) is 92.1 Å². The van der Waals surface area contributed by atoms with E-state index in [0.717, 1.165) is 19.3 Å². The number of amides is 3. The summed E-state index contributed by atoms with van der Waals surface area (Å²) in [5, 5.41) is 2.89. The Labute approximate surface area is 170 Å². The van der Waals surface area contributed by atoms with E-state index in [1.54, 1.807) is 17.0 Å². The van der Waals surface area contributed by atoms with Gasteiger partial charge in [0.15, 0.2) is 5.76 Å². The van der Waals surface area contributed by atoms with Gasteiger partial charge in [0.05, 0.1) is 12.9 Å². The summed E-state index contributed by atoms with van der Waals surface area (Å²) in [6.07, 6.45) is 5.48. The Morgan fingerprint density at radius 1 is 1.21 bits per heavy atom. The van der Waals surface area contributed by atoms with Gasteiger partial charge in [-0.05, 0) is 38.8 Å². The third kappa shape index (κ3) is 3.66. The van der Waals surface area contributed by atoms with Gasteiger partial charge in [0, 0.05) is 37.9 Å². The summed E-state index contributed by atoms with van der Waals surface area (Å²) in [6, 6.07) is 2.49. The summed E-state index contributed by atoms with van der Waals surface area (Å²) in [4.78, 5) is 42.1. The van der Waals surface area contributed by atoms with E-state index in [0.29, 0.717) is 25.9 Å². The molecule has 1 aliphatic carbocycles. The van der Waals surface area contributed by atoms with E-state index in [1.165, 1.54) is 6.26 Å². The van der Waals surface area contributed by atoms with Crippen molar-refractivity contribution in [2.45, 2.75) is 63.8 Å². The van der Waals surface area contributed by atoms with E-state index >= 15 is 0 Å². The second-order valence-electron chi connectivity index (χ2n) is 8.54. The Hall–Kier alpha value is -2.35. The molecular weight excluding hydrogens is 374 g/mol. The fourth-order valence-electron chi connectivity index (χ4n) is 4.46. The molecule has 1 unspecified atom stereocenters. The van der Waals surface area contributed by atoms with Gasteiger partial charge >= 0.3 is 0 Å². The van der Waals surface area contributed by atoms with Crippen LogP contribution in [-0.4, -0.2) is 65.0 Å². The second kappa shape index (κ2) is 7.82. The Balaban J connectivity index is 1.54. The molecule has 0 radical (unpaired) electrons. The average Bonchev–Trinajstić information content (AvgIpc) is 3.28. The molecule has 1 aromatic rings. The normalized spacial score (nSPS) is 24.0. The number of nitrogens with one attached hydrogen (secondary N) is 1. The lowest BCUT2D eigenvalue weighted by Crippen LogP contribution is -2.60. The number of nitrogens with zero attached hydrogens (tertiary/aromatic N) is 2. The molecule has 8 nitrogen and oxygen atoms in total. The van der Waals surface area contributed by atoms with E-state index in [-0.39, 0.29) is 42.0 Å². The van der Waals surface area contributed by atoms with Gasteiger partial charge in [0.2, 0.25) is 11.8 Å². The molecular formula is C21H29N3O5. The van der Waals surface area contributed by atoms with Gasteiger partial charge in [0.1, 0.15) is 11.8 Å². The number of piperidine rings is 1. The summed E-state index contributed by atoms with van der Waals surface area (Å²) in [7, 11) is 0. The second-order valence-corrected chi connectivity index (χ2v) is 8.54. The molecule has 2 aliphatic heterocycles. The predicted molar refractivity (Wildman–Crippen MR) is 104 cm³/mol. The summed E-state index contributed by atoms with van der Waals surface area (Å²) in [5.41, 5.74) is -0.890. The highest BCUT2D eigenvalue weighted by Gasteiger charge is 2.55. The zero-order valence-electron chi connectivity index (χ0n) is 17.1. The minimum atomic E-state index is -0.890. The highest BCUT2D eigenvalue weighted by Crippen LogP contribution is 2.39. The lowest BCUT2D eigenvalue weighted by Gasteiger charge is -2.45. The minimum Gasteiger partial charge on any atom is -0.459 e. The van der Waals surface area contributed by atoms with Crippen molar-refractivity contribution in [1.29, 1.82) is 0 Å². The largest absolute Gasteiger partial charge is 0.459 e. The quantitative estimate of drug-likeness (QED) is 0.827. The smallest absolute Gasteiger partial charge is 0.292 e. The van der Waals surface area contributed by atoms with Crippen molar-refractivity contribution in [2.75, 3.05) is 19.7 Å². The maximum atomic E-state index is 13.3. The predicted octanol–water partition coefficient (Wildman–Crippen LogP) is 1.76. The Morgan fingerprint density at radius 2 is 1.93 bits per heavy atom. The van der Waals surface area contributed by atoms with Gasteiger partial charge in [-0.15, -0.1) is 0 Å². The molecule has 3 amide bonds. The van der Waals surface area contributed by atoms with Crippen LogP contribution < -0.4 is 5.32 Å². The fourth-order valence-corrected chi connectivity index (χ4v) is 4.46. The molecule has 1 atom stereocenters. The van der Waals surface area contributed by atoms with Gasteiger partial charge < -0.3 is 19.4 Å². The average molecular weight is 403 g/mol. The summed E-state index contributed by atoms with van der Waals surface area (Å²) in [6.45, 7) is 4.95. The van der Waals surface area contributed by atoms with Crippen LogP contribution in [-0.2, 0) is 14.3 Å². The van der Waals surface area contributed by atoms with Crippen LogP contribution in [0.5, 0.6) is 0 Å². The number of hydrogen-bond acceptors (Lipinski definition) is 5. The Bertz CT molecular complexity index is 763. The molecule has 158 valence electrons. The van der Waals surface area contributed by atoms with Gasteiger partial charge in [-0.1, -0.05) is 6.42 Å². The number of furan rings is 1. The number of carbonyl (C=O) groups is 3. The molecule has 29 heavy (non-hydrogen) atoms.